The molecule has 28 heavy (non-hydrogen) atoms. The fourth-order valence-electron chi connectivity index (χ4n) is 3.34. The van der Waals surface area contributed by atoms with Crippen LogP contribution in [-0.4, -0.2) is 43.4 Å². The molecule has 0 radical (unpaired) electrons. The van der Waals surface area contributed by atoms with Gasteiger partial charge in [-0.3, -0.25) is 9.59 Å². The minimum Gasteiger partial charge on any atom is -0.338 e. The third kappa shape index (κ3) is 5.31. The minimum atomic E-state index is -0.456. The molecule has 1 aromatic carbocycles. The largest absolute Gasteiger partial charge is 0.338 e. The van der Waals surface area contributed by atoms with Crippen LogP contribution in [0.25, 0.3) is 0 Å². The zero-order chi connectivity index (χ0) is 19.4. The summed E-state index contributed by atoms with van der Waals surface area (Å²) in [5.41, 5.74) is 1.09. The van der Waals surface area contributed by atoms with Crippen molar-refractivity contribution < 1.29 is 14.0 Å². The number of rotatable bonds is 5. The Morgan fingerprint density at radius 3 is 2.61 bits per heavy atom. The number of benzene rings is 1. The Morgan fingerprint density at radius 2 is 1.96 bits per heavy atom. The molecule has 0 spiro atoms. The number of thiophene rings is 1. The number of nitrogens with zero attached hydrogens (tertiary/aromatic N) is 1. The zero-order valence-electron chi connectivity index (χ0n) is 16.0. The van der Waals surface area contributed by atoms with Gasteiger partial charge in [0.1, 0.15) is 5.82 Å². The van der Waals surface area contributed by atoms with E-state index in [0.717, 1.165) is 38.0 Å². The average molecular weight is 426 g/mol. The van der Waals surface area contributed by atoms with Crippen molar-refractivity contribution >= 4 is 40.6 Å². The number of amides is 2. The molecule has 0 atom stereocenters. The Balaban J connectivity index is 0.00000280. The summed E-state index contributed by atoms with van der Waals surface area (Å²) in [5.74, 6) is -0.207. The first-order valence-corrected chi connectivity index (χ1v) is 9.91. The van der Waals surface area contributed by atoms with Crippen LogP contribution < -0.4 is 10.6 Å². The van der Waals surface area contributed by atoms with Crippen LogP contribution in [0.15, 0.2) is 30.3 Å². The van der Waals surface area contributed by atoms with Gasteiger partial charge < -0.3 is 15.5 Å². The molecular weight excluding hydrogens is 401 g/mol. The van der Waals surface area contributed by atoms with Crippen LogP contribution in [0.2, 0.25) is 0 Å². The summed E-state index contributed by atoms with van der Waals surface area (Å²) in [6, 6.07) is 7.33. The topological polar surface area (TPSA) is 61.4 Å². The summed E-state index contributed by atoms with van der Waals surface area (Å²) >= 11 is 1.27. The summed E-state index contributed by atoms with van der Waals surface area (Å²) in [7, 11) is 1.95. The number of carbonyl (C=O) groups is 2. The first-order chi connectivity index (χ1) is 13.0. The second kappa shape index (κ2) is 10.0. The Hall–Kier alpha value is -1.96. The van der Waals surface area contributed by atoms with Crippen molar-refractivity contribution in [2.45, 2.75) is 19.8 Å². The molecule has 5 nitrogen and oxygen atoms in total. The molecule has 1 aliphatic rings. The lowest BCUT2D eigenvalue weighted by molar-refractivity contribution is 0.0695. The maximum atomic E-state index is 13.3. The third-order valence-corrected chi connectivity index (χ3v) is 5.97. The molecule has 0 unspecified atom stereocenters. The van der Waals surface area contributed by atoms with Gasteiger partial charge in [-0.15, -0.1) is 23.7 Å². The molecule has 8 heteroatoms. The Morgan fingerprint density at radius 1 is 1.25 bits per heavy atom. The van der Waals surface area contributed by atoms with Gasteiger partial charge in [0.05, 0.1) is 9.88 Å². The molecule has 1 aromatic heterocycles. The third-order valence-electron chi connectivity index (χ3n) is 4.83. The van der Waals surface area contributed by atoms with E-state index in [9.17, 15) is 14.0 Å². The zero-order valence-corrected chi connectivity index (χ0v) is 17.6. The second-order valence-electron chi connectivity index (χ2n) is 6.88. The smallest absolute Gasteiger partial charge is 0.264 e. The number of halogens is 2. The van der Waals surface area contributed by atoms with E-state index in [0.29, 0.717) is 15.8 Å². The van der Waals surface area contributed by atoms with Crippen molar-refractivity contribution in [3.8, 4) is 0 Å². The molecule has 2 heterocycles. The molecule has 0 bridgehead atoms. The summed E-state index contributed by atoms with van der Waals surface area (Å²) in [4.78, 5) is 27.7. The summed E-state index contributed by atoms with van der Waals surface area (Å²) in [5, 5.41) is 6.55. The van der Waals surface area contributed by atoms with E-state index >= 15 is 0 Å². The maximum absolute atomic E-state index is 13.3. The molecular formula is C20H25ClFN3O2S. The molecule has 152 valence electrons. The normalized spacial score (nSPS) is 14.5. The van der Waals surface area contributed by atoms with Crippen LogP contribution in [0.4, 0.5) is 9.39 Å². The lowest BCUT2D eigenvalue weighted by Crippen LogP contribution is -2.40. The molecule has 3 rings (SSSR count). The quantitative estimate of drug-likeness (QED) is 0.762. The number of likely N-dealkylation sites (tertiary alicyclic amines) is 1. The van der Waals surface area contributed by atoms with Crippen molar-refractivity contribution in [2.24, 2.45) is 5.92 Å². The van der Waals surface area contributed by atoms with Gasteiger partial charge >= 0.3 is 0 Å². The second-order valence-corrected chi connectivity index (χ2v) is 7.93. The molecule has 1 fully saturated rings. The van der Waals surface area contributed by atoms with Gasteiger partial charge in [0, 0.05) is 18.7 Å². The fourth-order valence-corrected chi connectivity index (χ4v) is 4.38. The number of nitrogens with one attached hydrogen (secondary N) is 2. The van der Waals surface area contributed by atoms with Crippen molar-refractivity contribution in [1.29, 1.82) is 0 Å². The Kier molecular flexibility index (Phi) is 7.98. The molecule has 2 amide bonds. The van der Waals surface area contributed by atoms with Crippen LogP contribution in [0.3, 0.4) is 0 Å². The van der Waals surface area contributed by atoms with E-state index in [1.54, 1.807) is 12.1 Å². The van der Waals surface area contributed by atoms with E-state index in [1.807, 2.05) is 18.9 Å². The monoisotopic (exact) mass is 425 g/mol. The fraction of sp³-hybridized carbons (Fsp3) is 0.400. The highest BCUT2D eigenvalue weighted by Gasteiger charge is 2.25. The number of hydrogen-bond acceptors (Lipinski definition) is 4. The van der Waals surface area contributed by atoms with E-state index in [1.165, 1.54) is 29.5 Å². The van der Waals surface area contributed by atoms with E-state index in [2.05, 4.69) is 10.6 Å². The van der Waals surface area contributed by atoms with Gasteiger partial charge in [-0.2, -0.15) is 0 Å². The first-order valence-electron chi connectivity index (χ1n) is 9.09. The lowest BCUT2D eigenvalue weighted by Gasteiger charge is -2.31. The number of piperidine rings is 1. The molecule has 0 aliphatic carbocycles. The van der Waals surface area contributed by atoms with Crippen LogP contribution in [-0.2, 0) is 0 Å². The summed E-state index contributed by atoms with van der Waals surface area (Å²) < 4.78 is 13.3. The molecule has 1 aliphatic heterocycles. The predicted octanol–water partition coefficient (Wildman–Crippen LogP) is 3.94. The van der Waals surface area contributed by atoms with Crippen LogP contribution in [0.1, 0.15) is 38.4 Å². The van der Waals surface area contributed by atoms with Crippen LogP contribution >= 0.6 is 23.7 Å². The molecule has 2 aromatic rings. The van der Waals surface area contributed by atoms with E-state index in [-0.39, 0.29) is 29.8 Å². The molecule has 2 N–H and O–H groups in total. The number of anilines is 1. The molecule has 0 saturated carbocycles. The van der Waals surface area contributed by atoms with Crippen molar-refractivity contribution in [3.63, 3.8) is 0 Å². The van der Waals surface area contributed by atoms with Crippen LogP contribution in [0, 0.1) is 18.7 Å². The van der Waals surface area contributed by atoms with Crippen LogP contribution in [0.5, 0.6) is 0 Å². The number of carbonyl (C=O) groups excluding carboxylic acids is 2. The maximum Gasteiger partial charge on any atom is 0.264 e. The highest BCUT2D eigenvalue weighted by molar-refractivity contribution is 7.18. The van der Waals surface area contributed by atoms with Gasteiger partial charge in [-0.25, -0.2) is 4.39 Å². The standard InChI is InChI=1S/C20H24FN3O2S.ClH/c1-13-10-17(23-19(25)15-4-3-5-16(21)11-15)27-18(13)20(26)24-8-6-14(7-9-24)12-22-2;/h3-5,10-11,14,22H,6-9,12H2,1-2H3,(H,23,25);1H. The highest BCUT2D eigenvalue weighted by atomic mass is 35.5. The van der Waals surface area contributed by atoms with Gasteiger partial charge in [0.25, 0.3) is 11.8 Å². The van der Waals surface area contributed by atoms with Crippen molar-refractivity contribution in [1.82, 2.24) is 10.2 Å². The SMILES string of the molecule is CNCC1CCN(C(=O)c2sc(NC(=O)c3cccc(F)c3)cc2C)CC1.Cl. The number of aryl methyl sites for hydroxylation is 1. The van der Waals surface area contributed by atoms with Crippen molar-refractivity contribution in [2.75, 3.05) is 32.0 Å². The summed E-state index contributed by atoms with van der Waals surface area (Å²) in [6.07, 6.45) is 2.00. The van der Waals surface area contributed by atoms with E-state index in [4.69, 9.17) is 0 Å². The predicted molar refractivity (Wildman–Crippen MR) is 113 cm³/mol. The Bertz CT molecular complexity index is 835. The average Bonchev–Trinajstić information content (AvgIpc) is 3.02. The van der Waals surface area contributed by atoms with Gasteiger partial charge in [0.2, 0.25) is 0 Å². The minimum absolute atomic E-state index is 0. The van der Waals surface area contributed by atoms with Crippen molar-refractivity contribution in [3.05, 3.63) is 52.2 Å². The van der Waals surface area contributed by atoms with Gasteiger partial charge in [0.15, 0.2) is 0 Å². The lowest BCUT2D eigenvalue weighted by atomic mass is 9.96. The summed E-state index contributed by atoms with van der Waals surface area (Å²) in [6.45, 7) is 4.37. The molecule has 1 saturated heterocycles. The Labute approximate surface area is 174 Å². The first kappa shape index (κ1) is 22.3. The van der Waals surface area contributed by atoms with Gasteiger partial charge in [-0.1, -0.05) is 6.07 Å². The highest BCUT2D eigenvalue weighted by Crippen LogP contribution is 2.29. The van der Waals surface area contributed by atoms with Gasteiger partial charge in [-0.05, 0) is 69.1 Å². The number of hydrogen-bond donors (Lipinski definition) is 2. The van der Waals surface area contributed by atoms with E-state index < -0.39 is 5.82 Å².